The first-order chi connectivity index (χ1) is 7.20. The van der Waals surface area contributed by atoms with Gasteiger partial charge in [-0.2, -0.15) is 0 Å². The molecule has 1 saturated heterocycles. The summed E-state index contributed by atoms with van der Waals surface area (Å²) >= 11 is 0. The Hall–Kier alpha value is -1.36. The van der Waals surface area contributed by atoms with Gasteiger partial charge in [-0.05, 0) is 25.9 Å². The summed E-state index contributed by atoms with van der Waals surface area (Å²) < 4.78 is 2.82. The third kappa shape index (κ3) is 1.87. The lowest BCUT2D eigenvalue weighted by molar-refractivity contribution is 0.351. The summed E-state index contributed by atoms with van der Waals surface area (Å²) in [4.78, 5) is 23.0. The third-order valence-corrected chi connectivity index (χ3v) is 2.92. The van der Waals surface area contributed by atoms with Gasteiger partial charge in [-0.15, -0.1) is 0 Å². The van der Waals surface area contributed by atoms with Crippen LogP contribution in [0.25, 0.3) is 0 Å². The van der Waals surface area contributed by atoms with Gasteiger partial charge in [-0.3, -0.25) is 13.9 Å². The highest BCUT2D eigenvalue weighted by Crippen LogP contribution is 2.14. The fourth-order valence-corrected chi connectivity index (χ4v) is 1.95. The average molecular weight is 209 g/mol. The van der Waals surface area contributed by atoms with Gasteiger partial charge in [-0.1, -0.05) is 0 Å². The molecule has 1 aromatic heterocycles. The molecule has 0 unspecified atom stereocenters. The van der Waals surface area contributed by atoms with Crippen LogP contribution in [0.15, 0.2) is 21.9 Å². The number of nitrogens with zero attached hydrogens (tertiary/aromatic N) is 2. The Kier molecular flexibility index (Phi) is 2.73. The van der Waals surface area contributed by atoms with Crippen LogP contribution in [-0.2, 0) is 7.05 Å². The van der Waals surface area contributed by atoms with E-state index in [0.717, 1.165) is 30.5 Å². The smallest absolute Gasteiger partial charge is 0.317 e. The molecule has 0 radical (unpaired) electrons. The summed E-state index contributed by atoms with van der Waals surface area (Å²) in [6, 6.07) is 1.68. The molecule has 5 nitrogen and oxygen atoms in total. The zero-order chi connectivity index (χ0) is 10.8. The fourth-order valence-electron chi connectivity index (χ4n) is 1.95. The van der Waals surface area contributed by atoms with E-state index in [9.17, 15) is 9.59 Å². The van der Waals surface area contributed by atoms with Crippen molar-refractivity contribution in [3.8, 4) is 0 Å². The van der Waals surface area contributed by atoms with E-state index in [-0.39, 0.29) is 17.3 Å². The maximum absolute atomic E-state index is 11.8. The van der Waals surface area contributed by atoms with Crippen LogP contribution in [0.3, 0.4) is 0 Å². The maximum Gasteiger partial charge on any atom is 0.330 e. The molecule has 5 heteroatoms. The molecular formula is C10H15N3O2. The first kappa shape index (κ1) is 10.2. The van der Waals surface area contributed by atoms with Crippen LogP contribution in [-0.4, -0.2) is 22.2 Å². The summed E-state index contributed by atoms with van der Waals surface area (Å²) in [5.41, 5.74) is -0.459. The third-order valence-electron chi connectivity index (χ3n) is 2.92. The van der Waals surface area contributed by atoms with Gasteiger partial charge in [-0.25, -0.2) is 4.79 Å². The molecule has 0 atom stereocenters. The number of rotatable bonds is 1. The molecule has 0 aliphatic carbocycles. The van der Waals surface area contributed by atoms with Crippen LogP contribution in [0.4, 0.5) is 0 Å². The zero-order valence-corrected chi connectivity index (χ0v) is 8.77. The number of hydrogen-bond acceptors (Lipinski definition) is 3. The quantitative estimate of drug-likeness (QED) is 0.676. The Labute approximate surface area is 87.3 Å². The molecule has 0 amide bonds. The highest BCUT2D eigenvalue weighted by Gasteiger charge is 2.16. The fraction of sp³-hybridized carbons (Fsp3) is 0.600. The minimum Gasteiger partial charge on any atom is -0.317 e. The van der Waals surface area contributed by atoms with Crippen molar-refractivity contribution in [1.29, 1.82) is 0 Å². The number of aromatic nitrogens is 2. The van der Waals surface area contributed by atoms with E-state index in [1.165, 1.54) is 13.1 Å². The molecule has 2 rings (SSSR count). The molecule has 82 valence electrons. The van der Waals surface area contributed by atoms with E-state index in [4.69, 9.17) is 0 Å². The van der Waals surface area contributed by atoms with E-state index < -0.39 is 0 Å². The summed E-state index contributed by atoms with van der Waals surface area (Å²) in [7, 11) is 1.52. The van der Waals surface area contributed by atoms with Gasteiger partial charge in [0.05, 0.1) is 0 Å². The van der Waals surface area contributed by atoms with Crippen molar-refractivity contribution in [3.05, 3.63) is 33.1 Å². The lowest BCUT2D eigenvalue weighted by atomic mass is 10.1. The Morgan fingerprint density at radius 2 is 2.00 bits per heavy atom. The summed E-state index contributed by atoms with van der Waals surface area (Å²) in [6.07, 6.45) is 3.50. The predicted molar refractivity (Wildman–Crippen MR) is 57.1 cm³/mol. The van der Waals surface area contributed by atoms with Crippen molar-refractivity contribution in [2.45, 2.75) is 18.9 Å². The van der Waals surface area contributed by atoms with Gasteiger partial charge in [0.2, 0.25) is 0 Å². The predicted octanol–water partition coefficient (Wildman–Crippen LogP) is -0.528. The first-order valence-corrected chi connectivity index (χ1v) is 5.19. The van der Waals surface area contributed by atoms with E-state index in [2.05, 4.69) is 5.32 Å². The second-order valence-corrected chi connectivity index (χ2v) is 3.88. The van der Waals surface area contributed by atoms with Crippen molar-refractivity contribution in [2.75, 3.05) is 13.1 Å². The lowest BCUT2D eigenvalue weighted by Crippen LogP contribution is -2.41. The second kappa shape index (κ2) is 4.02. The molecule has 0 spiro atoms. The topological polar surface area (TPSA) is 56.0 Å². The van der Waals surface area contributed by atoms with Crippen molar-refractivity contribution in [2.24, 2.45) is 7.05 Å². The molecule has 0 saturated carbocycles. The van der Waals surface area contributed by atoms with Gasteiger partial charge >= 0.3 is 5.69 Å². The summed E-state index contributed by atoms with van der Waals surface area (Å²) in [5, 5.41) is 3.25. The monoisotopic (exact) mass is 209 g/mol. The molecule has 0 bridgehead atoms. The maximum atomic E-state index is 11.8. The largest absolute Gasteiger partial charge is 0.330 e. The highest BCUT2D eigenvalue weighted by atomic mass is 16.2. The van der Waals surface area contributed by atoms with E-state index in [1.807, 2.05) is 0 Å². The highest BCUT2D eigenvalue weighted by molar-refractivity contribution is 4.89. The van der Waals surface area contributed by atoms with Crippen LogP contribution >= 0.6 is 0 Å². The van der Waals surface area contributed by atoms with Crippen molar-refractivity contribution >= 4 is 0 Å². The van der Waals surface area contributed by atoms with Gasteiger partial charge in [0.15, 0.2) is 0 Å². The number of hydrogen-bond donors (Lipinski definition) is 1. The average Bonchev–Trinajstić information content (AvgIpc) is 2.27. The van der Waals surface area contributed by atoms with Gasteiger partial charge < -0.3 is 5.32 Å². The van der Waals surface area contributed by atoms with Crippen molar-refractivity contribution < 1.29 is 0 Å². The van der Waals surface area contributed by atoms with E-state index in [0.29, 0.717) is 0 Å². The van der Waals surface area contributed by atoms with E-state index in [1.54, 1.807) is 10.8 Å². The minimum absolute atomic E-state index is 0.214. The minimum atomic E-state index is -0.245. The van der Waals surface area contributed by atoms with Crippen LogP contribution < -0.4 is 16.6 Å². The van der Waals surface area contributed by atoms with Gasteiger partial charge in [0, 0.05) is 25.4 Å². The SMILES string of the molecule is Cn1c(=O)ccn(C2CCNCC2)c1=O. The molecule has 1 aliphatic heterocycles. The Morgan fingerprint density at radius 1 is 1.33 bits per heavy atom. The number of nitrogens with one attached hydrogen (secondary N) is 1. The molecule has 1 N–H and O–H groups in total. The van der Waals surface area contributed by atoms with Gasteiger partial charge in [0.1, 0.15) is 0 Å². The molecule has 2 heterocycles. The summed E-state index contributed by atoms with van der Waals surface area (Å²) in [5.74, 6) is 0. The molecular weight excluding hydrogens is 194 g/mol. The Balaban J connectivity index is 2.40. The Bertz CT molecular complexity index is 454. The van der Waals surface area contributed by atoms with E-state index >= 15 is 0 Å². The molecule has 0 aromatic carbocycles. The van der Waals surface area contributed by atoms with Crippen LogP contribution in [0.2, 0.25) is 0 Å². The normalized spacial score (nSPS) is 17.9. The molecule has 1 aromatic rings. The zero-order valence-electron chi connectivity index (χ0n) is 8.77. The van der Waals surface area contributed by atoms with Crippen molar-refractivity contribution in [3.63, 3.8) is 0 Å². The molecule has 15 heavy (non-hydrogen) atoms. The van der Waals surface area contributed by atoms with Crippen LogP contribution in [0.1, 0.15) is 18.9 Å². The number of piperidine rings is 1. The van der Waals surface area contributed by atoms with Crippen molar-refractivity contribution in [1.82, 2.24) is 14.5 Å². The lowest BCUT2D eigenvalue weighted by Gasteiger charge is -2.24. The molecule has 1 fully saturated rings. The van der Waals surface area contributed by atoms with Crippen LogP contribution in [0, 0.1) is 0 Å². The summed E-state index contributed by atoms with van der Waals surface area (Å²) in [6.45, 7) is 1.86. The van der Waals surface area contributed by atoms with Crippen LogP contribution in [0.5, 0.6) is 0 Å². The molecule has 1 aliphatic rings. The Morgan fingerprint density at radius 3 is 2.67 bits per heavy atom. The second-order valence-electron chi connectivity index (χ2n) is 3.88. The standard InChI is InChI=1S/C10H15N3O2/c1-12-9(14)4-7-13(10(12)15)8-2-5-11-6-3-8/h4,7-8,11H,2-3,5-6H2,1H3. The van der Waals surface area contributed by atoms with Gasteiger partial charge in [0.25, 0.3) is 5.56 Å². The first-order valence-electron chi connectivity index (χ1n) is 5.19.